The Balaban J connectivity index is 1.69. The SMILES string of the molecule is Cc1cc(NC(=O)c2ccc3ocnc3c2)n(-c2ncc(Cl)cc2Cl)n1. The molecule has 4 rings (SSSR count). The first-order valence-corrected chi connectivity index (χ1v) is 8.29. The van der Waals surface area contributed by atoms with Crippen LogP contribution in [-0.2, 0) is 0 Å². The van der Waals surface area contributed by atoms with Crippen molar-refractivity contribution in [2.24, 2.45) is 0 Å². The van der Waals surface area contributed by atoms with Gasteiger partial charge in [-0.3, -0.25) is 4.79 Å². The van der Waals surface area contributed by atoms with Crippen LogP contribution < -0.4 is 5.32 Å². The Morgan fingerprint density at radius 3 is 2.85 bits per heavy atom. The molecule has 3 aromatic heterocycles. The summed E-state index contributed by atoms with van der Waals surface area (Å²) in [5.74, 6) is 0.483. The van der Waals surface area contributed by atoms with Crippen LogP contribution >= 0.6 is 23.2 Å². The summed E-state index contributed by atoms with van der Waals surface area (Å²) in [4.78, 5) is 20.9. The van der Waals surface area contributed by atoms with E-state index in [9.17, 15) is 4.79 Å². The van der Waals surface area contributed by atoms with Crippen molar-refractivity contribution in [2.45, 2.75) is 6.92 Å². The number of nitrogens with zero attached hydrogens (tertiary/aromatic N) is 4. The number of carbonyl (C=O) groups excluding carboxylic acids is 1. The molecule has 7 nitrogen and oxygen atoms in total. The Kier molecular flexibility index (Phi) is 4.10. The van der Waals surface area contributed by atoms with Crippen LogP contribution in [0.1, 0.15) is 16.1 Å². The van der Waals surface area contributed by atoms with Crippen LogP contribution in [0.15, 0.2) is 47.3 Å². The third-order valence-corrected chi connectivity index (χ3v) is 4.14. The van der Waals surface area contributed by atoms with Gasteiger partial charge in [-0.25, -0.2) is 9.97 Å². The van der Waals surface area contributed by atoms with Crippen LogP contribution in [0.3, 0.4) is 0 Å². The minimum Gasteiger partial charge on any atom is -0.443 e. The molecule has 130 valence electrons. The average molecular weight is 388 g/mol. The number of benzene rings is 1. The summed E-state index contributed by atoms with van der Waals surface area (Å²) in [6.45, 7) is 1.80. The third kappa shape index (κ3) is 3.02. The molecule has 0 saturated carbocycles. The Labute approximate surface area is 157 Å². The maximum atomic E-state index is 12.6. The molecule has 4 aromatic rings. The number of halogens is 2. The first-order valence-electron chi connectivity index (χ1n) is 7.54. The van der Waals surface area contributed by atoms with Crippen LogP contribution in [0.25, 0.3) is 16.9 Å². The predicted molar refractivity (Wildman–Crippen MR) is 98.1 cm³/mol. The number of aromatic nitrogens is 4. The number of nitrogens with one attached hydrogen (secondary N) is 1. The summed E-state index contributed by atoms with van der Waals surface area (Å²) in [6, 6.07) is 8.28. The fraction of sp³-hybridized carbons (Fsp3) is 0.0588. The second-order valence-electron chi connectivity index (χ2n) is 5.53. The summed E-state index contributed by atoms with van der Waals surface area (Å²) in [7, 11) is 0. The molecule has 0 unspecified atom stereocenters. The van der Waals surface area contributed by atoms with E-state index in [2.05, 4.69) is 20.4 Å². The lowest BCUT2D eigenvalue weighted by molar-refractivity contribution is 0.102. The lowest BCUT2D eigenvalue weighted by Gasteiger charge is -2.09. The largest absolute Gasteiger partial charge is 0.443 e. The topological polar surface area (TPSA) is 85.8 Å². The minimum absolute atomic E-state index is 0.318. The number of amides is 1. The highest BCUT2D eigenvalue weighted by Crippen LogP contribution is 2.25. The number of aryl methyl sites for hydroxylation is 1. The van der Waals surface area contributed by atoms with Gasteiger partial charge in [0.1, 0.15) is 11.3 Å². The van der Waals surface area contributed by atoms with E-state index in [1.54, 1.807) is 37.3 Å². The number of hydrogen-bond acceptors (Lipinski definition) is 5. The van der Waals surface area contributed by atoms with E-state index >= 15 is 0 Å². The van der Waals surface area contributed by atoms with Crippen LogP contribution in [0.5, 0.6) is 0 Å². The molecule has 0 bridgehead atoms. The molecule has 0 atom stereocenters. The van der Waals surface area contributed by atoms with Crippen LogP contribution in [0.2, 0.25) is 10.0 Å². The molecule has 0 radical (unpaired) electrons. The molecule has 0 fully saturated rings. The molecular formula is C17H11Cl2N5O2. The molecule has 0 aliphatic rings. The molecule has 9 heteroatoms. The summed E-state index contributed by atoms with van der Waals surface area (Å²) >= 11 is 12.1. The second kappa shape index (κ2) is 6.44. The zero-order valence-corrected chi connectivity index (χ0v) is 14.9. The highest BCUT2D eigenvalue weighted by atomic mass is 35.5. The zero-order chi connectivity index (χ0) is 18.3. The molecule has 0 aliphatic carbocycles. The monoisotopic (exact) mass is 387 g/mol. The van der Waals surface area contributed by atoms with Gasteiger partial charge in [-0.1, -0.05) is 23.2 Å². The van der Waals surface area contributed by atoms with Gasteiger partial charge in [0.25, 0.3) is 5.91 Å². The smallest absolute Gasteiger partial charge is 0.256 e. The van der Waals surface area contributed by atoms with Gasteiger partial charge in [0.2, 0.25) is 0 Å². The molecule has 1 amide bonds. The minimum atomic E-state index is -0.318. The molecule has 0 spiro atoms. The normalized spacial score (nSPS) is 11.0. The second-order valence-corrected chi connectivity index (χ2v) is 6.37. The number of anilines is 1. The van der Waals surface area contributed by atoms with Crippen molar-refractivity contribution in [1.82, 2.24) is 19.7 Å². The number of fused-ring (bicyclic) bond motifs is 1. The summed E-state index contributed by atoms with van der Waals surface area (Å²) in [5.41, 5.74) is 2.34. The Bertz CT molecular complexity index is 1140. The van der Waals surface area contributed by atoms with Crippen molar-refractivity contribution in [3.63, 3.8) is 0 Å². The van der Waals surface area contributed by atoms with Crippen molar-refractivity contribution in [2.75, 3.05) is 5.32 Å². The van der Waals surface area contributed by atoms with Gasteiger partial charge >= 0.3 is 0 Å². The van der Waals surface area contributed by atoms with E-state index in [1.807, 2.05) is 0 Å². The van der Waals surface area contributed by atoms with Gasteiger partial charge in [-0.05, 0) is 31.2 Å². The standard InChI is InChI=1S/C17H11Cl2N5O2/c1-9-4-15(24(23-9)16-12(19)6-11(18)7-20-16)22-17(25)10-2-3-14-13(5-10)21-8-26-14/h2-8H,1H3,(H,22,25). The van der Waals surface area contributed by atoms with Gasteiger partial charge in [0.15, 0.2) is 17.8 Å². The number of rotatable bonds is 3. The van der Waals surface area contributed by atoms with E-state index in [1.165, 1.54) is 17.3 Å². The zero-order valence-electron chi connectivity index (χ0n) is 13.4. The third-order valence-electron chi connectivity index (χ3n) is 3.65. The van der Waals surface area contributed by atoms with Gasteiger partial charge in [-0.2, -0.15) is 9.78 Å². The van der Waals surface area contributed by atoms with E-state index in [0.29, 0.717) is 44.0 Å². The molecule has 1 aromatic carbocycles. The number of hydrogen-bond donors (Lipinski definition) is 1. The van der Waals surface area contributed by atoms with E-state index in [-0.39, 0.29) is 5.91 Å². The van der Waals surface area contributed by atoms with Crippen LogP contribution in [0.4, 0.5) is 5.82 Å². The summed E-state index contributed by atoms with van der Waals surface area (Å²) in [6.07, 6.45) is 2.79. The molecule has 3 heterocycles. The van der Waals surface area contributed by atoms with Gasteiger partial charge in [-0.15, -0.1) is 0 Å². The molecule has 0 saturated heterocycles. The Morgan fingerprint density at radius 1 is 1.19 bits per heavy atom. The predicted octanol–water partition coefficient (Wildman–Crippen LogP) is 4.28. The summed E-state index contributed by atoms with van der Waals surface area (Å²) in [5, 5.41) is 7.89. The van der Waals surface area contributed by atoms with Gasteiger partial charge < -0.3 is 9.73 Å². The van der Waals surface area contributed by atoms with Crippen molar-refractivity contribution < 1.29 is 9.21 Å². The molecule has 1 N–H and O–H groups in total. The lowest BCUT2D eigenvalue weighted by atomic mass is 10.2. The van der Waals surface area contributed by atoms with E-state index in [0.717, 1.165) is 0 Å². The van der Waals surface area contributed by atoms with E-state index in [4.69, 9.17) is 27.6 Å². The maximum absolute atomic E-state index is 12.6. The maximum Gasteiger partial charge on any atom is 0.256 e. The molecule has 0 aliphatic heterocycles. The van der Waals surface area contributed by atoms with Crippen molar-refractivity contribution in [3.8, 4) is 5.82 Å². The van der Waals surface area contributed by atoms with Crippen LogP contribution in [-0.4, -0.2) is 25.7 Å². The fourth-order valence-corrected chi connectivity index (χ4v) is 2.96. The van der Waals surface area contributed by atoms with E-state index < -0.39 is 0 Å². The van der Waals surface area contributed by atoms with Crippen molar-refractivity contribution in [1.29, 1.82) is 0 Å². The van der Waals surface area contributed by atoms with Gasteiger partial charge in [0, 0.05) is 17.8 Å². The molecular weight excluding hydrogens is 377 g/mol. The lowest BCUT2D eigenvalue weighted by Crippen LogP contribution is -2.15. The number of oxazole rings is 1. The Morgan fingerprint density at radius 2 is 2.04 bits per heavy atom. The first-order chi connectivity index (χ1) is 12.5. The highest BCUT2D eigenvalue weighted by Gasteiger charge is 2.16. The quantitative estimate of drug-likeness (QED) is 0.566. The number of carbonyl (C=O) groups is 1. The Hall–Kier alpha value is -2.90. The van der Waals surface area contributed by atoms with Gasteiger partial charge in [0.05, 0.1) is 15.7 Å². The highest BCUT2D eigenvalue weighted by molar-refractivity contribution is 6.35. The average Bonchev–Trinajstić information content (AvgIpc) is 3.20. The fourth-order valence-electron chi connectivity index (χ4n) is 2.50. The number of pyridine rings is 1. The van der Waals surface area contributed by atoms with Crippen LogP contribution in [0, 0.1) is 6.92 Å². The summed E-state index contributed by atoms with van der Waals surface area (Å²) < 4.78 is 6.64. The first kappa shape index (κ1) is 16.6. The van der Waals surface area contributed by atoms with Crippen molar-refractivity contribution >= 4 is 46.0 Å². The molecule has 26 heavy (non-hydrogen) atoms. The van der Waals surface area contributed by atoms with Crippen molar-refractivity contribution in [3.05, 3.63) is 64.2 Å².